The van der Waals surface area contributed by atoms with Gasteiger partial charge in [0.15, 0.2) is 0 Å². The number of halogens is 2. The van der Waals surface area contributed by atoms with E-state index < -0.39 is 23.7 Å². The molecule has 0 radical (unpaired) electrons. The van der Waals surface area contributed by atoms with Crippen molar-refractivity contribution >= 4 is 5.97 Å². The van der Waals surface area contributed by atoms with Crippen molar-refractivity contribution in [2.45, 2.75) is 32.8 Å². The molecule has 0 saturated heterocycles. The Bertz CT molecular complexity index is 391. The summed E-state index contributed by atoms with van der Waals surface area (Å²) in [5.41, 5.74) is -0.297. The fourth-order valence-electron chi connectivity index (χ4n) is 1.20. The molecule has 0 unspecified atom stereocenters. The molecule has 0 saturated carbocycles. The lowest BCUT2D eigenvalue weighted by Gasteiger charge is -2.17. The molecule has 0 atom stereocenters. The van der Waals surface area contributed by atoms with Crippen molar-refractivity contribution in [2.75, 3.05) is 0 Å². The van der Waals surface area contributed by atoms with Crippen LogP contribution in [-0.2, 0) is 15.5 Å². The van der Waals surface area contributed by atoms with E-state index in [1.807, 2.05) is 0 Å². The van der Waals surface area contributed by atoms with E-state index in [9.17, 15) is 13.6 Å². The molecule has 1 heterocycles. The SMILES string of the molecule is Cc1cccnc1C(F)(F)C(=O)OC(C)C. The second-order valence-corrected chi connectivity index (χ2v) is 3.70. The molecule has 0 aliphatic heterocycles. The lowest BCUT2D eigenvalue weighted by molar-refractivity contribution is -0.178. The summed E-state index contributed by atoms with van der Waals surface area (Å²) >= 11 is 0. The van der Waals surface area contributed by atoms with Gasteiger partial charge in [-0.1, -0.05) is 6.07 Å². The molecule has 0 amide bonds. The lowest BCUT2D eigenvalue weighted by atomic mass is 10.1. The van der Waals surface area contributed by atoms with Crippen LogP contribution in [0.3, 0.4) is 0 Å². The normalized spacial score (nSPS) is 11.6. The molecule has 0 spiro atoms. The number of pyridine rings is 1. The highest BCUT2D eigenvalue weighted by Crippen LogP contribution is 2.30. The quantitative estimate of drug-likeness (QED) is 0.747. The summed E-state index contributed by atoms with van der Waals surface area (Å²) in [6.45, 7) is 4.50. The Kier molecular flexibility index (Phi) is 3.57. The summed E-state index contributed by atoms with van der Waals surface area (Å²) < 4.78 is 31.8. The first kappa shape index (κ1) is 12.5. The van der Waals surface area contributed by atoms with Crippen molar-refractivity contribution in [2.24, 2.45) is 0 Å². The van der Waals surface area contributed by atoms with Crippen LogP contribution >= 0.6 is 0 Å². The zero-order valence-electron chi connectivity index (χ0n) is 9.33. The second kappa shape index (κ2) is 4.55. The van der Waals surface area contributed by atoms with Gasteiger partial charge in [-0.05, 0) is 32.4 Å². The van der Waals surface area contributed by atoms with E-state index in [0.29, 0.717) is 0 Å². The van der Waals surface area contributed by atoms with Gasteiger partial charge in [-0.3, -0.25) is 4.98 Å². The maximum atomic E-state index is 13.6. The van der Waals surface area contributed by atoms with E-state index in [2.05, 4.69) is 9.72 Å². The minimum Gasteiger partial charge on any atom is -0.458 e. The molecule has 0 N–H and O–H groups in total. The van der Waals surface area contributed by atoms with E-state index >= 15 is 0 Å². The largest absolute Gasteiger partial charge is 0.458 e. The van der Waals surface area contributed by atoms with Crippen LogP contribution in [0.1, 0.15) is 25.1 Å². The van der Waals surface area contributed by atoms with Gasteiger partial charge in [0.1, 0.15) is 5.69 Å². The van der Waals surface area contributed by atoms with Crippen molar-refractivity contribution in [1.82, 2.24) is 4.98 Å². The van der Waals surface area contributed by atoms with E-state index in [0.717, 1.165) is 0 Å². The standard InChI is InChI=1S/C11H13F2NO2/c1-7(2)16-10(15)11(12,13)9-8(3)5-4-6-14-9/h4-7H,1-3H3. The lowest BCUT2D eigenvalue weighted by Crippen LogP contribution is -2.32. The predicted molar refractivity (Wildman–Crippen MR) is 54.1 cm³/mol. The van der Waals surface area contributed by atoms with Crippen LogP contribution in [0.2, 0.25) is 0 Å². The Labute approximate surface area is 92.4 Å². The minimum absolute atomic E-state index is 0.258. The van der Waals surface area contributed by atoms with Crippen LogP contribution in [0.5, 0.6) is 0 Å². The van der Waals surface area contributed by atoms with E-state index in [4.69, 9.17) is 0 Å². The summed E-state index contributed by atoms with van der Waals surface area (Å²) in [5, 5.41) is 0. The molecule has 16 heavy (non-hydrogen) atoms. The van der Waals surface area contributed by atoms with Crippen molar-refractivity contribution in [1.29, 1.82) is 0 Å². The number of carbonyl (C=O) groups is 1. The minimum atomic E-state index is -3.70. The highest BCUT2D eigenvalue weighted by molar-refractivity contribution is 5.79. The number of nitrogens with zero attached hydrogens (tertiary/aromatic N) is 1. The average Bonchev–Trinajstić information content (AvgIpc) is 2.16. The monoisotopic (exact) mass is 229 g/mol. The predicted octanol–water partition coefficient (Wildman–Crippen LogP) is 2.43. The first-order chi connectivity index (χ1) is 7.35. The molecule has 0 aliphatic carbocycles. The molecule has 0 aliphatic rings. The van der Waals surface area contributed by atoms with E-state index in [-0.39, 0.29) is 5.56 Å². The Balaban J connectivity index is 3.02. The Morgan fingerprint density at radius 1 is 1.50 bits per heavy atom. The number of ether oxygens (including phenoxy) is 1. The third-order valence-corrected chi connectivity index (χ3v) is 1.91. The summed E-state index contributed by atoms with van der Waals surface area (Å²) in [4.78, 5) is 14.7. The van der Waals surface area contributed by atoms with Gasteiger partial charge in [-0.25, -0.2) is 4.79 Å². The van der Waals surface area contributed by atoms with Crippen LogP contribution in [0.4, 0.5) is 8.78 Å². The zero-order chi connectivity index (χ0) is 12.3. The molecule has 0 aromatic carbocycles. The zero-order valence-corrected chi connectivity index (χ0v) is 9.33. The Morgan fingerprint density at radius 3 is 2.62 bits per heavy atom. The van der Waals surface area contributed by atoms with Gasteiger partial charge in [-0.15, -0.1) is 0 Å². The summed E-state index contributed by atoms with van der Waals surface area (Å²) in [5.74, 6) is -5.26. The number of carbonyl (C=O) groups excluding carboxylic acids is 1. The van der Waals surface area contributed by atoms with Crippen LogP contribution in [0.25, 0.3) is 0 Å². The molecule has 5 heteroatoms. The maximum absolute atomic E-state index is 13.6. The third kappa shape index (κ3) is 2.53. The van der Waals surface area contributed by atoms with Crippen LogP contribution < -0.4 is 0 Å². The molecule has 1 aromatic heterocycles. The van der Waals surface area contributed by atoms with Crippen molar-refractivity contribution in [3.63, 3.8) is 0 Å². The number of rotatable bonds is 3. The van der Waals surface area contributed by atoms with Crippen molar-refractivity contribution in [3.8, 4) is 0 Å². The maximum Gasteiger partial charge on any atom is 0.384 e. The molecule has 3 nitrogen and oxygen atoms in total. The average molecular weight is 229 g/mol. The number of esters is 1. The number of hydrogen-bond acceptors (Lipinski definition) is 3. The van der Waals surface area contributed by atoms with E-state index in [1.54, 1.807) is 0 Å². The van der Waals surface area contributed by atoms with Crippen LogP contribution in [0.15, 0.2) is 18.3 Å². The van der Waals surface area contributed by atoms with Gasteiger partial charge in [0.05, 0.1) is 6.10 Å². The van der Waals surface area contributed by atoms with Gasteiger partial charge < -0.3 is 4.74 Å². The summed E-state index contributed by atoms with van der Waals surface area (Å²) in [6.07, 6.45) is 0.640. The molecule has 0 fully saturated rings. The number of aryl methyl sites for hydroxylation is 1. The van der Waals surface area contributed by atoms with E-state index in [1.165, 1.54) is 39.1 Å². The summed E-state index contributed by atoms with van der Waals surface area (Å²) in [6, 6.07) is 3.00. The molecule has 1 rings (SSSR count). The smallest absolute Gasteiger partial charge is 0.384 e. The molecular formula is C11H13F2NO2. The first-order valence-electron chi connectivity index (χ1n) is 4.86. The fourth-order valence-corrected chi connectivity index (χ4v) is 1.20. The van der Waals surface area contributed by atoms with Crippen LogP contribution in [0, 0.1) is 6.92 Å². The number of alkyl halides is 2. The topological polar surface area (TPSA) is 39.2 Å². The second-order valence-electron chi connectivity index (χ2n) is 3.70. The third-order valence-electron chi connectivity index (χ3n) is 1.91. The highest BCUT2D eigenvalue weighted by Gasteiger charge is 2.45. The van der Waals surface area contributed by atoms with Crippen molar-refractivity contribution < 1.29 is 18.3 Å². The van der Waals surface area contributed by atoms with Gasteiger partial charge in [-0.2, -0.15) is 8.78 Å². The van der Waals surface area contributed by atoms with Gasteiger partial charge >= 0.3 is 11.9 Å². The first-order valence-corrected chi connectivity index (χ1v) is 4.86. The Hall–Kier alpha value is -1.52. The molecule has 0 bridgehead atoms. The van der Waals surface area contributed by atoms with Gasteiger partial charge in [0, 0.05) is 6.20 Å². The van der Waals surface area contributed by atoms with Crippen molar-refractivity contribution in [3.05, 3.63) is 29.6 Å². The van der Waals surface area contributed by atoms with Gasteiger partial charge in [0.2, 0.25) is 0 Å². The Morgan fingerprint density at radius 2 is 2.12 bits per heavy atom. The summed E-state index contributed by atoms with van der Waals surface area (Å²) in [7, 11) is 0. The number of aromatic nitrogens is 1. The molecule has 1 aromatic rings. The number of hydrogen-bond donors (Lipinski definition) is 0. The fraction of sp³-hybridized carbons (Fsp3) is 0.455. The van der Waals surface area contributed by atoms with Gasteiger partial charge in [0.25, 0.3) is 0 Å². The highest BCUT2D eigenvalue weighted by atomic mass is 19.3. The molecule has 88 valence electrons. The van der Waals surface area contributed by atoms with Crippen LogP contribution in [-0.4, -0.2) is 17.1 Å². The molecular weight excluding hydrogens is 216 g/mol.